The molecule has 1 fully saturated rings. The summed E-state index contributed by atoms with van der Waals surface area (Å²) in [4.78, 5) is 11.8. The van der Waals surface area contributed by atoms with Crippen molar-refractivity contribution >= 4 is 5.78 Å². The number of halogens is 1. The molecule has 0 unspecified atom stereocenters. The van der Waals surface area contributed by atoms with E-state index in [1.165, 1.54) is 12.1 Å². The fourth-order valence-electron chi connectivity index (χ4n) is 1.47. The lowest BCUT2D eigenvalue weighted by molar-refractivity contribution is 0.0948. The zero-order valence-electron chi connectivity index (χ0n) is 8.01. The first-order chi connectivity index (χ1) is 6.53. The lowest BCUT2D eigenvalue weighted by Crippen LogP contribution is -2.33. The zero-order chi connectivity index (χ0) is 10.3. The van der Waals surface area contributed by atoms with Crippen LogP contribution >= 0.6 is 0 Å². The molecular formula is C11H12FNO. The second-order valence-electron chi connectivity index (χ2n) is 3.94. The van der Waals surface area contributed by atoms with Gasteiger partial charge in [-0.15, -0.1) is 0 Å². The monoisotopic (exact) mass is 193 g/mol. The predicted octanol–water partition coefficient (Wildman–Crippen LogP) is 1.81. The van der Waals surface area contributed by atoms with Gasteiger partial charge in [0.05, 0.1) is 5.54 Å². The molecule has 1 saturated carbocycles. The van der Waals surface area contributed by atoms with E-state index in [9.17, 15) is 9.18 Å². The quantitative estimate of drug-likeness (QED) is 0.728. The molecule has 1 aromatic rings. The average Bonchev–Trinajstić information content (AvgIpc) is 2.88. The molecule has 0 radical (unpaired) electrons. The molecule has 0 heterocycles. The number of rotatable bonds is 2. The van der Waals surface area contributed by atoms with Gasteiger partial charge in [0, 0.05) is 5.56 Å². The van der Waals surface area contributed by atoms with Gasteiger partial charge in [-0.1, -0.05) is 6.07 Å². The highest BCUT2D eigenvalue weighted by Crippen LogP contribution is 2.36. The summed E-state index contributed by atoms with van der Waals surface area (Å²) in [6, 6.07) is 4.22. The molecule has 0 aliphatic heterocycles. The Bertz CT molecular complexity index is 396. The number of carbonyl (C=O) groups excluding carboxylic acids is 1. The third kappa shape index (κ3) is 1.44. The highest BCUT2D eigenvalue weighted by Gasteiger charge is 2.46. The van der Waals surface area contributed by atoms with E-state index in [0.717, 1.165) is 5.56 Å². The van der Waals surface area contributed by atoms with Crippen molar-refractivity contribution in [3.63, 3.8) is 0 Å². The Morgan fingerprint density at radius 1 is 1.50 bits per heavy atom. The zero-order valence-corrected chi connectivity index (χ0v) is 8.01. The van der Waals surface area contributed by atoms with Crippen LogP contribution in [0.25, 0.3) is 0 Å². The van der Waals surface area contributed by atoms with Crippen molar-refractivity contribution in [1.29, 1.82) is 0 Å². The summed E-state index contributed by atoms with van der Waals surface area (Å²) in [5, 5.41) is 0. The largest absolute Gasteiger partial charge is 0.319 e. The molecule has 1 aliphatic rings. The molecule has 0 amide bonds. The normalized spacial score (nSPS) is 17.9. The van der Waals surface area contributed by atoms with Gasteiger partial charge in [-0.25, -0.2) is 4.39 Å². The van der Waals surface area contributed by atoms with E-state index in [0.29, 0.717) is 18.4 Å². The summed E-state index contributed by atoms with van der Waals surface area (Å²) in [5.74, 6) is -0.516. The number of carbonyl (C=O) groups is 1. The van der Waals surface area contributed by atoms with E-state index in [2.05, 4.69) is 0 Å². The van der Waals surface area contributed by atoms with Gasteiger partial charge in [0.15, 0.2) is 5.78 Å². The lowest BCUT2D eigenvalue weighted by Gasteiger charge is -2.09. The SMILES string of the molecule is Cc1ccc(F)cc1C(=O)C1(N)CC1. The number of benzene rings is 1. The van der Waals surface area contributed by atoms with Crippen LogP contribution in [0.5, 0.6) is 0 Å². The van der Waals surface area contributed by atoms with Gasteiger partial charge in [0.25, 0.3) is 0 Å². The molecule has 3 heteroatoms. The molecule has 74 valence electrons. The van der Waals surface area contributed by atoms with Crippen molar-refractivity contribution in [1.82, 2.24) is 0 Å². The summed E-state index contributed by atoms with van der Waals surface area (Å²) >= 11 is 0. The van der Waals surface area contributed by atoms with Gasteiger partial charge < -0.3 is 5.73 Å². The third-order valence-corrected chi connectivity index (χ3v) is 2.69. The molecule has 14 heavy (non-hydrogen) atoms. The van der Waals surface area contributed by atoms with Gasteiger partial charge in [-0.05, 0) is 37.5 Å². The average molecular weight is 193 g/mol. The van der Waals surface area contributed by atoms with Gasteiger partial charge in [0.2, 0.25) is 0 Å². The number of nitrogens with two attached hydrogens (primary N) is 1. The fraction of sp³-hybridized carbons (Fsp3) is 0.364. The van der Waals surface area contributed by atoms with Gasteiger partial charge in [-0.3, -0.25) is 4.79 Å². The molecule has 1 aliphatic carbocycles. The first-order valence-electron chi connectivity index (χ1n) is 4.63. The molecule has 0 bridgehead atoms. The predicted molar refractivity (Wildman–Crippen MR) is 51.6 cm³/mol. The molecule has 0 spiro atoms. The minimum absolute atomic E-state index is 0.130. The molecule has 1 aromatic carbocycles. The number of Topliss-reactive ketones (excluding diaryl/α,β-unsaturated/α-hetero) is 1. The summed E-state index contributed by atoms with van der Waals surface area (Å²) in [6.45, 7) is 1.79. The van der Waals surface area contributed by atoms with Crippen LogP contribution in [0.15, 0.2) is 18.2 Å². The molecule has 2 N–H and O–H groups in total. The van der Waals surface area contributed by atoms with Crippen molar-refractivity contribution in [3.8, 4) is 0 Å². The van der Waals surface area contributed by atoms with E-state index >= 15 is 0 Å². The number of ketones is 1. The van der Waals surface area contributed by atoms with Crippen LogP contribution in [-0.4, -0.2) is 11.3 Å². The topological polar surface area (TPSA) is 43.1 Å². The van der Waals surface area contributed by atoms with Crippen LogP contribution in [0.3, 0.4) is 0 Å². The highest BCUT2D eigenvalue weighted by molar-refractivity contribution is 6.06. The molecule has 0 atom stereocenters. The first kappa shape index (κ1) is 9.34. The van der Waals surface area contributed by atoms with Gasteiger partial charge >= 0.3 is 0 Å². The minimum atomic E-state index is -0.710. The molecule has 2 rings (SSSR count). The Hall–Kier alpha value is -1.22. The van der Waals surface area contributed by atoms with E-state index < -0.39 is 5.54 Å². The Balaban J connectivity index is 2.40. The van der Waals surface area contributed by atoms with Crippen molar-refractivity contribution in [2.75, 3.05) is 0 Å². The number of hydrogen-bond acceptors (Lipinski definition) is 2. The molecular weight excluding hydrogens is 181 g/mol. The van der Waals surface area contributed by atoms with Crippen molar-refractivity contribution in [2.45, 2.75) is 25.3 Å². The Morgan fingerprint density at radius 3 is 2.71 bits per heavy atom. The van der Waals surface area contributed by atoms with Gasteiger partial charge in [-0.2, -0.15) is 0 Å². The molecule has 0 saturated heterocycles. The van der Waals surface area contributed by atoms with E-state index in [-0.39, 0.29) is 11.6 Å². The maximum absolute atomic E-state index is 12.9. The highest BCUT2D eigenvalue weighted by atomic mass is 19.1. The smallest absolute Gasteiger partial charge is 0.182 e. The van der Waals surface area contributed by atoms with Crippen LogP contribution in [-0.2, 0) is 0 Å². The minimum Gasteiger partial charge on any atom is -0.319 e. The van der Waals surface area contributed by atoms with Crippen LogP contribution in [0.2, 0.25) is 0 Å². The van der Waals surface area contributed by atoms with Gasteiger partial charge in [0.1, 0.15) is 5.82 Å². The number of aryl methyl sites for hydroxylation is 1. The first-order valence-corrected chi connectivity index (χ1v) is 4.63. The van der Waals surface area contributed by atoms with Crippen LogP contribution < -0.4 is 5.73 Å². The Morgan fingerprint density at radius 2 is 2.14 bits per heavy atom. The molecule has 0 aromatic heterocycles. The van der Waals surface area contributed by atoms with E-state index in [1.54, 1.807) is 13.0 Å². The van der Waals surface area contributed by atoms with Crippen molar-refractivity contribution in [2.24, 2.45) is 5.73 Å². The van der Waals surface area contributed by atoms with Crippen LogP contribution in [0.4, 0.5) is 4.39 Å². The molecule has 2 nitrogen and oxygen atoms in total. The second-order valence-corrected chi connectivity index (χ2v) is 3.94. The standard InChI is InChI=1S/C11H12FNO/c1-7-2-3-8(12)6-9(7)10(14)11(13)4-5-11/h2-3,6H,4-5,13H2,1H3. The fourth-order valence-corrected chi connectivity index (χ4v) is 1.47. The van der Waals surface area contributed by atoms with Crippen LogP contribution in [0.1, 0.15) is 28.8 Å². The summed E-state index contributed by atoms with van der Waals surface area (Å²) in [7, 11) is 0. The third-order valence-electron chi connectivity index (χ3n) is 2.69. The van der Waals surface area contributed by atoms with Crippen molar-refractivity contribution in [3.05, 3.63) is 35.1 Å². The maximum Gasteiger partial charge on any atom is 0.182 e. The maximum atomic E-state index is 12.9. The van der Waals surface area contributed by atoms with Crippen LogP contribution in [0, 0.1) is 12.7 Å². The summed E-state index contributed by atoms with van der Waals surface area (Å²) in [5.41, 5.74) is 6.27. The second kappa shape index (κ2) is 2.89. The Kier molecular flexibility index (Phi) is 1.93. The van der Waals surface area contributed by atoms with E-state index in [4.69, 9.17) is 5.73 Å². The number of hydrogen-bond donors (Lipinski definition) is 1. The summed E-state index contributed by atoms with van der Waals surface area (Å²) in [6.07, 6.45) is 1.42. The Labute approximate surface area is 81.9 Å². The lowest BCUT2D eigenvalue weighted by atomic mass is 9.98. The summed E-state index contributed by atoms with van der Waals surface area (Å²) < 4.78 is 12.9. The van der Waals surface area contributed by atoms with E-state index in [1.807, 2.05) is 0 Å². The van der Waals surface area contributed by atoms with Crippen molar-refractivity contribution < 1.29 is 9.18 Å².